The number of rotatable bonds is 4. The smallest absolute Gasteiger partial charge is 0.240 e. The minimum absolute atomic E-state index is 0.331. The molecule has 18 heavy (non-hydrogen) atoms. The van der Waals surface area contributed by atoms with Crippen LogP contribution in [-0.2, 0) is 10.0 Å². The van der Waals surface area contributed by atoms with Crippen molar-refractivity contribution in [3.05, 3.63) is 41.5 Å². The molecule has 1 aliphatic rings. The summed E-state index contributed by atoms with van der Waals surface area (Å²) in [4.78, 5) is 0.331. The van der Waals surface area contributed by atoms with Crippen LogP contribution in [0, 0.1) is 6.92 Å². The van der Waals surface area contributed by atoms with Crippen LogP contribution in [0.25, 0.3) is 0 Å². The summed E-state index contributed by atoms with van der Waals surface area (Å²) < 4.78 is 26.8. The molecule has 2 rings (SSSR count). The average molecular weight is 266 g/mol. The van der Waals surface area contributed by atoms with Crippen molar-refractivity contribution in [3.63, 3.8) is 0 Å². The van der Waals surface area contributed by atoms with E-state index in [2.05, 4.69) is 10.0 Å². The van der Waals surface area contributed by atoms with E-state index >= 15 is 0 Å². The third kappa shape index (κ3) is 3.41. The number of benzene rings is 1. The fraction of sp³-hybridized carbons (Fsp3) is 0.385. The Labute approximate surface area is 108 Å². The van der Waals surface area contributed by atoms with Gasteiger partial charge in [0.05, 0.1) is 4.90 Å². The first kappa shape index (κ1) is 13.3. The second kappa shape index (κ2) is 5.65. The number of nitrogens with one attached hydrogen (secondary N) is 2. The van der Waals surface area contributed by atoms with Gasteiger partial charge in [-0.05, 0) is 37.6 Å². The molecule has 0 saturated carbocycles. The van der Waals surface area contributed by atoms with E-state index < -0.39 is 10.0 Å². The lowest BCUT2D eigenvalue weighted by atomic mass is 10.1. The summed E-state index contributed by atoms with van der Waals surface area (Å²) in [7, 11) is -3.39. The van der Waals surface area contributed by atoms with E-state index in [4.69, 9.17) is 0 Å². The molecule has 0 aromatic heterocycles. The Morgan fingerprint density at radius 1 is 1.39 bits per heavy atom. The molecule has 0 atom stereocenters. The molecule has 0 spiro atoms. The molecule has 4 nitrogen and oxygen atoms in total. The molecular formula is C13H18N2O2S. The predicted molar refractivity (Wildman–Crippen MR) is 71.9 cm³/mol. The SMILES string of the molecule is Cc1cccc(S(=O)(=O)NCC2=CCNCC2)c1. The van der Waals surface area contributed by atoms with Gasteiger partial charge in [-0.1, -0.05) is 23.8 Å². The number of hydrogen-bond donors (Lipinski definition) is 2. The number of aryl methyl sites for hydroxylation is 1. The maximum absolute atomic E-state index is 12.1. The highest BCUT2D eigenvalue weighted by atomic mass is 32.2. The molecule has 0 bridgehead atoms. The van der Waals surface area contributed by atoms with Crippen molar-refractivity contribution in [3.8, 4) is 0 Å². The molecule has 5 heteroatoms. The van der Waals surface area contributed by atoms with Gasteiger partial charge in [0, 0.05) is 13.1 Å². The summed E-state index contributed by atoms with van der Waals surface area (Å²) in [6.45, 7) is 4.02. The van der Waals surface area contributed by atoms with E-state index in [9.17, 15) is 8.42 Å². The highest BCUT2D eigenvalue weighted by Crippen LogP contribution is 2.11. The van der Waals surface area contributed by atoms with Crippen LogP contribution in [0.4, 0.5) is 0 Å². The topological polar surface area (TPSA) is 58.2 Å². The lowest BCUT2D eigenvalue weighted by Gasteiger charge is -2.14. The summed E-state index contributed by atoms with van der Waals surface area (Å²) in [6, 6.07) is 6.94. The van der Waals surface area contributed by atoms with Crippen molar-refractivity contribution >= 4 is 10.0 Å². The van der Waals surface area contributed by atoms with Crippen molar-refractivity contribution in [2.45, 2.75) is 18.2 Å². The predicted octanol–water partition coefficient (Wildman–Crippen LogP) is 1.19. The van der Waals surface area contributed by atoms with Crippen LogP contribution in [0.3, 0.4) is 0 Å². The molecule has 0 fully saturated rings. The van der Waals surface area contributed by atoms with E-state index in [1.54, 1.807) is 18.2 Å². The summed E-state index contributed by atoms with van der Waals surface area (Å²) in [5.41, 5.74) is 2.09. The Hall–Kier alpha value is -1.17. The molecule has 2 N–H and O–H groups in total. The van der Waals surface area contributed by atoms with Crippen LogP contribution in [0.5, 0.6) is 0 Å². The Balaban J connectivity index is 2.05. The van der Waals surface area contributed by atoms with Gasteiger partial charge in [-0.2, -0.15) is 0 Å². The normalized spacial score (nSPS) is 16.4. The van der Waals surface area contributed by atoms with Crippen molar-refractivity contribution in [2.24, 2.45) is 0 Å². The summed E-state index contributed by atoms with van der Waals surface area (Å²) in [6.07, 6.45) is 2.94. The van der Waals surface area contributed by atoms with Gasteiger partial charge in [-0.25, -0.2) is 13.1 Å². The molecule has 1 aromatic rings. The maximum atomic E-state index is 12.1. The van der Waals surface area contributed by atoms with E-state index in [0.717, 1.165) is 30.6 Å². The lowest BCUT2D eigenvalue weighted by Crippen LogP contribution is -2.29. The summed E-state index contributed by atoms with van der Waals surface area (Å²) in [5.74, 6) is 0. The molecule has 0 unspecified atom stereocenters. The van der Waals surface area contributed by atoms with Gasteiger partial charge in [0.1, 0.15) is 0 Å². The Morgan fingerprint density at radius 3 is 2.89 bits per heavy atom. The number of hydrogen-bond acceptors (Lipinski definition) is 3. The van der Waals surface area contributed by atoms with Gasteiger partial charge in [-0.15, -0.1) is 0 Å². The van der Waals surface area contributed by atoms with Gasteiger partial charge in [0.15, 0.2) is 0 Å². The van der Waals surface area contributed by atoms with Crippen molar-refractivity contribution in [2.75, 3.05) is 19.6 Å². The van der Waals surface area contributed by atoms with E-state index in [0.29, 0.717) is 11.4 Å². The molecule has 0 saturated heterocycles. The third-order valence-corrected chi connectivity index (χ3v) is 4.35. The second-order valence-corrected chi connectivity index (χ2v) is 6.22. The second-order valence-electron chi connectivity index (χ2n) is 4.46. The lowest BCUT2D eigenvalue weighted by molar-refractivity contribution is 0.582. The van der Waals surface area contributed by atoms with Crippen LogP contribution in [0.2, 0.25) is 0 Å². The molecule has 98 valence electrons. The Morgan fingerprint density at radius 2 is 2.22 bits per heavy atom. The molecular weight excluding hydrogens is 248 g/mol. The highest BCUT2D eigenvalue weighted by molar-refractivity contribution is 7.89. The summed E-state index contributed by atoms with van der Waals surface area (Å²) in [5, 5.41) is 3.20. The first-order valence-corrected chi connectivity index (χ1v) is 7.51. The van der Waals surface area contributed by atoms with Gasteiger partial charge in [0.25, 0.3) is 0 Å². The van der Waals surface area contributed by atoms with Crippen LogP contribution in [0.1, 0.15) is 12.0 Å². The van der Waals surface area contributed by atoms with Crippen LogP contribution >= 0.6 is 0 Å². The maximum Gasteiger partial charge on any atom is 0.240 e. The van der Waals surface area contributed by atoms with Crippen molar-refractivity contribution in [1.29, 1.82) is 0 Å². The molecule has 0 amide bonds. The highest BCUT2D eigenvalue weighted by Gasteiger charge is 2.14. The first-order chi connectivity index (χ1) is 8.58. The van der Waals surface area contributed by atoms with Crippen molar-refractivity contribution < 1.29 is 8.42 Å². The molecule has 0 radical (unpaired) electrons. The molecule has 1 heterocycles. The van der Waals surface area contributed by atoms with E-state index in [-0.39, 0.29) is 0 Å². The van der Waals surface area contributed by atoms with E-state index in [1.807, 2.05) is 19.1 Å². The van der Waals surface area contributed by atoms with Crippen LogP contribution < -0.4 is 10.0 Å². The minimum atomic E-state index is -3.39. The average Bonchev–Trinajstić information content (AvgIpc) is 2.38. The first-order valence-electron chi connectivity index (χ1n) is 6.03. The van der Waals surface area contributed by atoms with Gasteiger partial charge < -0.3 is 5.32 Å². The van der Waals surface area contributed by atoms with E-state index in [1.165, 1.54) is 0 Å². The quantitative estimate of drug-likeness (QED) is 0.805. The Kier molecular flexibility index (Phi) is 4.16. The van der Waals surface area contributed by atoms with Crippen molar-refractivity contribution in [1.82, 2.24) is 10.0 Å². The fourth-order valence-corrected chi connectivity index (χ4v) is 3.02. The monoisotopic (exact) mass is 266 g/mol. The largest absolute Gasteiger partial charge is 0.313 e. The molecule has 1 aliphatic heterocycles. The fourth-order valence-electron chi connectivity index (χ4n) is 1.88. The minimum Gasteiger partial charge on any atom is -0.313 e. The van der Waals surface area contributed by atoms with Crippen LogP contribution in [0.15, 0.2) is 40.8 Å². The molecule has 1 aromatic carbocycles. The number of sulfonamides is 1. The standard InChI is InChI=1S/C13H18N2O2S/c1-11-3-2-4-13(9-11)18(16,17)15-10-12-5-7-14-8-6-12/h2-5,9,14-15H,6-8,10H2,1H3. The Bertz CT molecular complexity index is 550. The van der Waals surface area contributed by atoms with Gasteiger partial charge in [-0.3, -0.25) is 0 Å². The zero-order chi connectivity index (χ0) is 13.0. The molecule has 0 aliphatic carbocycles. The van der Waals surface area contributed by atoms with Gasteiger partial charge >= 0.3 is 0 Å². The third-order valence-electron chi connectivity index (χ3n) is 2.95. The summed E-state index contributed by atoms with van der Waals surface area (Å²) >= 11 is 0. The zero-order valence-electron chi connectivity index (χ0n) is 10.4. The van der Waals surface area contributed by atoms with Crippen LogP contribution in [-0.4, -0.2) is 28.1 Å². The van der Waals surface area contributed by atoms with Gasteiger partial charge in [0.2, 0.25) is 10.0 Å². The zero-order valence-corrected chi connectivity index (χ0v) is 11.3.